The van der Waals surface area contributed by atoms with Gasteiger partial charge < -0.3 is 4.90 Å². The smallest absolute Gasteiger partial charge is 0.225 e. The van der Waals surface area contributed by atoms with Crippen molar-refractivity contribution in [1.29, 1.82) is 0 Å². The number of likely N-dealkylation sites (tertiary alicyclic amines) is 1. The van der Waals surface area contributed by atoms with Gasteiger partial charge in [-0.3, -0.25) is 4.79 Å². The number of amides is 1. The monoisotopic (exact) mass is 406 g/mol. The molecule has 0 atom stereocenters. The normalized spacial score (nSPS) is 19.7. The summed E-state index contributed by atoms with van der Waals surface area (Å²) in [5, 5.41) is 0. The number of piperidine rings is 1. The molecule has 0 spiro atoms. The van der Waals surface area contributed by atoms with Crippen molar-refractivity contribution in [3.05, 3.63) is 35.4 Å². The molecule has 1 aromatic carbocycles. The molecule has 1 N–H and O–H groups in total. The van der Waals surface area contributed by atoms with Gasteiger partial charge in [-0.15, -0.1) is 0 Å². The molecule has 1 aliphatic heterocycles. The van der Waals surface area contributed by atoms with Gasteiger partial charge in [0.1, 0.15) is 0 Å². The highest BCUT2D eigenvalue weighted by molar-refractivity contribution is 7.88. The molecule has 6 heteroatoms. The van der Waals surface area contributed by atoms with E-state index in [2.05, 4.69) is 33.9 Å². The Labute approximate surface area is 169 Å². The first-order valence-electron chi connectivity index (χ1n) is 10.7. The van der Waals surface area contributed by atoms with Crippen LogP contribution in [-0.2, 0) is 27.7 Å². The lowest BCUT2D eigenvalue weighted by atomic mass is 9.86. The van der Waals surface area contributed by atoms with E-state index < -0.39 is 10.0 Å². The van der Waals surface area contributed by atoms with Crippen LogP contribution in [0.4, 0.5) is 0 Å². The van der Waals surface area contributed by atoms with Crippen LogP contribution in [0.1, 0.15) is 56.1 Å². The molecule has 0 radical (unpaired) electrons. The summed E-state index contributed by atoms with van der Waals surface area (Å²) < 4.78 is 24.8. The van der Waals surface area contributed by atoms with Crippen molar-refractivity contribution in [2.24, 2.45) is 11.8 Å². The third-order valence-electron chi connectivity index (χ3n) is 6.21. The molecule has 3 rings (SSSR count). The van der Waals surface area contributed by atoms with Crippen LogP contribution in [0.25, 0.3) is 0 Å². The maximum Gasteiger partial charge on any atom is 0.225 e. The summed E-state index contributed by atoms with van der Waals surface area (Å²) in [6, 6.07) is 8.52. The van der Waals surface area contributed by atoms with Gasteiger partial charge in [0.05, 0.1) is 6.26 Å². The molecule has 1 amide bonds. The standard InChI is InChI=1S/C22H34N2O3S/c1-28(26,27)23-14-11-18-7-9-19(10-8-18)17-20-12-15-24(16-13-20)22(25)21-5-3-2-4-6-21/h7-10,20-21,23H,2-6,11-17H2,1H3. The van der Waals surface area contributed by atoms with Gasteiger partial charge >= 0.3 is 0 Å². The Morgan fingerprint density at radius 1 is 1.00 bits per heavy atom. The number of carbonyl (C=O) groups is 1. The molecular formula is C22H34N2O3S. The zero-order valence-electron chi connectivity index (χ0n) is 17.0. The number of hydrogen-bond donors (Lipinski definition) is 1. The van der Waals surface area contributed by atoms with E-state index in [1.807, 2.05) is 0 Å². The van der Waals surface area contributed by atoms with Gasteiger partial charge in [-0.2, -0.15) is 0 Å². The van der Waals surface area contributed by atoms with Crippen LogP contribution in [0.5, 0.6) is 0 Å². The minimum Gasteiger partial charge on any atom is -0.342 e. The number of benzene rings is 1. The highest BCUT2D eigenvalue weighted by Crippen LogP contribution is 2.28. The van der Waals surface area contributed by atoms with Crippen molar-refractivity contribution in [3.8, 4) is 0 Å². The van der Waals surface area contributed by atoms with Crippen molar-refractivity contribution in [1.82, 2.24) is 9.62 Å². The van der Waals surface area contributed by atoms with Crippen LogP contribution in [0.2, 0.25) is 0 Å². The number of carbonyl (C=O) groups excluding carboxylic acids is 1. The minimum atomic E-state index is -3.12. The molecule has 1 aromatic rings. The molecule has 0 bridgehead atoms. The second-order valence-corrected chi connectivity index (χ2v) is 10.4. The van der Waals surface area contributed by atoms with Crippen molar-refractivity contribution in [3.63, 3.8) is 0 Å². The third-order valence-corrected chi connectivity index (χ3v) is 6.93. The molecule has 1 saturated carbocycles. The molecule has 1 heterocycles. The topological polar surface area (TPSA) is 66.5 Å². The Morgan fingerprint density at radius 3 is 2.21 bits per heavy atom. The van der Waals surface area contributed by atoms with E-state index in [0.717, 1.165) is 50.8 Å². The molecule has 1 saturated heterocycles. The average molecular weight is 407 g/mol. The molecule has 0 unspecified atom stereocenters. The summed E-state index contributed by atoms with van der Waals surface area (Å²) in [5.74, 6) is 1.34. The predicted molar refractivity (Wildman–Crippen MR) is 113 cm³/mol. The quantitative estimate of drug-likeness (QED) is 0.756. The molecule has 0 aromatic heterocycles. The van der Waals surface area contributed by atoms with Crippen LogP contribution in [0, 0.1) is 11.8 Å². The molecule has 28 heavy (non-hydrogen) atoms. The van der Waals surface area contributed by atoms with E-state index in [-0.39, 0.29) is 5.92 Å². The molecule has 2 fully saturated rings. The minimum absolute atomic E-state index is 0.287. The van der Waals surface area contributed by atoms with Crippen molar-refractivity contribution >= 4 is 15.9 Å². The first-order chi connectivity index (χ1) is 13.4. The molecule has 5 nitrogen and oxygen atoms in total. The fourth-order valence-electron chi connectivity index (χ4n) is 4.52. The van der Waals surface area contributed by atoms with Crippen LogP contribution in [-0.4, -0.2) is 45.1 Å². The van der Waals surface area contributed by atoms with Gasteiger partial charge in [-0.25, -0.2) is 13.1 Å². The Kier molecular flexibility index (Phi) is 7.52. The maximum atomic E-state index is 12.7. The SMILES string of the molecule is CS(=O)(=O)NCCc1ccc(CC2CCN(C(=O)C3CCCCC3)CC2)cc1. The number of nitrogens with zero attached hydrogens (tertiary/aromatic N) is 1. The molecular weight excluding hydrogens is 372 g/mol. The number of rotatable bonds is 7. The molecule has 2 aliphatic rings. The van der Waals surface area contributed by atoms with E-state index in [1.165, 1.54) is 31.1 Å². The van der Waals surface area contributed by atoms with Crippen molar-refractivity contribution in [2.45, 2.75) is 57.8 Å². The summed E-state index contributed by atoms with van der Waals surface area (Å²) >= 11 is 0. The summed E-state index contributed by atoms with van der Waals surface area (Å²) in [6.07, 6.45) is 11.0. The highest BCUT2D eigenvalue weighted by Gasteiger charge is 2.29. The summed E-state index contributed by atoms with van der Waals surface area (Å²) in [6.45, 7) is 2.26. The van der Waals surface area contributed by atoms with Crippen molar-refractivity contribution < 1.29 is 13.2 Å². The van der Waals surface area contributed by atoms with Crippen LogP contribution < -0.4 is 4.72 Å². The zero-order chi connectivity index (χ0) is 20.0. The lowest BCUT2D eigenvalue weighted by Crippen LogP contribution is -2.42. The van der Waals surface area contributed by atoms with Gasteiger partial charge in [0, 0.05) is 25.6 Å². The maximum absolute atomic E-state index is 12.7. The fourth-order valence-corrected chi connectivity index (χ4v) is 4.99. The lowest BCUT2D eigenvalue weighted by Gasteiger charge is -2.35. The Bertz CT molecular complexity index is 732. The van der Waals surface area contributed by atoms with E-state index in [1.54, 1.807) is 0 Å². The Morgan fingerprint density at radius 2 is 1.61 bits per heavy atom. The van der Waals surface area contributed by atoms with Gasteiger partial charge in [-0.05, 0) is 55.6 Å². The predicted octanol–water partition coefficient (Wildman–Crippen LogP) is 3.14. The zero-order valence-corrected chi connectivity index (χ0v) is 17.8. The number of hydrogen-bond acceptors (Lipinski definition) is 3. The second-order valence-electron chi connectivity index (χ2n) is 8.54. The first kappa shape index (κ1) is 21.3. The summed E-state index contributed by atoms with van der Waals surface area (Å²) in [4.78, 5) is 14.8. The Hall–Kier alpha value is -1.40. The van der Waals surface area contributed by atoms with E-state index in [9.17, 15) is 13.2 Å². The van der Waals surface area contributed by atoms with Crippen LogP contribution in [0.15, 0.2) is 24.3 Å². The van der Waals surface area contributed by atoms with E-state index in [0.29, 0.717) is 24.8 Å². The Balaban J connectivity index is 1.41. The third kappa shape index (κ3) is 6.59. The first-order valence-corrected chi connectivity index (χ1v) is 12.6. The van der Waals surface area contributed by atoms with Gasteiger partial charge in [0.2, 0.25) is 15.9 Å². The molecule has 1 aliphatic carbocycles. The van der Waals surface area contributed by atoms with Crippen LogP contribution >= 0.6 is 0 Å². The summed E-state index contributed by atoms with van der Waals surface area (Å²) in [5.41, 5.74) is 2.48. The van der Waals surface area contributed by atoms with Crippen LogP contribution in [0.3, 0.4) is 0 Å². The number of sulfonamides is 1. The van der Waals surface area contributed by atoms with Gasteiger partial charge in [0.25, 0.3) is 0 Å². The summed E-state index contributed by atoms with van der Waals surface area (Å²) in [7, 11) is -3.12. The largest absolute Gasteiger partial charge is 0.342 e. The average Bonchev–Trinajstić information content (AvgIpc) is 2.69. The fraction of sp³-hybridized carbons (Fsp3) is 0.682. The van der Waals surface area contributed by atoms with Gasteiger partial charge in [0.15, 0.2) is 0 Å². The lowest BCUT2D eigenvalue weighted by molar-refractivity contribution is -0.138. The number of nitrogens with one attached hydrogen (secondary N) is 1. The molecule has 156 valence electrons. The van der Waals surface area contributed by atoms with Crippen molar-refractivity contribution in [2.75, 3.05) is 25.9 Å². The second kappa shape index (κ2) is 9.88. The van der Waals surface area contributed by atoms with Gasteiger partial charge in [-0.1, -0.05) is 43.5 Å². The van der Waals surface area contributed by atoms with E-state index >= 15 is 0 Å². The highest BCUT2D eigenvalue weighted by atomic mass is 32.2. The van der Waals surface area contributed by atoms with E-state index in [4.69, 9.17) is 0 Å².